The number of carbonyl (C=O) groups excluding carboxylic acids is 1. The average molecular weight is 256 g/mol. The maximum absolute atomic E-state index is 12.2. The first kappa shape index (κ1) is 13.2. The van der Waals surface area contributed by atoms with E-state index in [9.17, 15) is 4.79 Å². The van der Waals surface area contributed by atoms with Crippen LogP contribution in [0.1, 0.15) is 28.5 Å². The molecule has 4 nitrogen and oxygen atoms in total. The van der Waals surface area contributed by atoms with Gasteiger partial charge in [-0.1, -0.05) is 6.92 Å². The summed E-state index contributed by atoms with van der Waals surface area (Å²) in [4.78, 5) is 12.2. The highest BCUT2D eigenvalue weighted by Gasteiger charge is 2.11. The van der Waals surface area contributed by atoms with Gasteiger partial charge in [-0.15, -0.1) is 0 Å². The fourth-order valence-corrected chi connectivity index (χ4v) is 1.92. The SMILES string of the molecule is CCc1cc(C(=O)Cc2cccnn2)ccc1OC. The number of rotatable bonds is 5. The molecule has 0 unspecified atom stereocenters. The van der Waals surface area contributed by atoms with E-state index in [0.29, 0.717) is 11.3 Å². The molecule has 4 heteroatoms. The largest absolute Gasteiger partial charge is 0.496 e. The van der Waals surface area contributed by atoms with Crippen LogP contribution in [-0.2, 0) is 12.8 Å². The molecule has 1 aromatic heterocycles. The van der Waals surface area contributed by atoms with Crippen molar-refractivity contribution in [3.63, 3.8) is 0 Å². The van der Waals surface area contributed by atoms with E-state index in [0.717, 1.165) is 17.7 Å². The van der Waals surface area contributed by atoms with Crippen molar-refractivity contribution >= 4 is 5.78 Å². The maximum atomic E-state index is 12.2. The second-order valence-corrected chi connectivity index (χ2v) is 4.20. The molecule has 0 amide bonds. The minimum atomic E-state index is 0.0397. The molecule has 0 spiro atoms. The molecule has 98 valence electrons. The molecule has 0 aliphatic carbocycles. The summed E-state index contributed by atoms with van der Waals surface area (Å²) in [6.07, 6.45) is 2.69. The Balaban J connectivity index is 2.20. The van der Waals surface area contributed by atoms with Crippen molar-refractivity contribution in [2.24, 2.45) is 0 Å². The topological polar surface area (TPSA) is 52.1 Å². The van der Waals surface area contributed by atoms with Gasteiger partial charge < -0.3 is 4.74 Å². The van der Waals surface area contributed by atoms with Gasteiger partial charge in [-0.05, 0) is 42.3 Å². The van der Waals surface area contributed by atoms with E-state index in [2.05, 4.69) is 10.2 Å². The minimum Gasteiger partial charge on any atom is -0.496 e. The van der Waals surface area contributed by atoms with Gasteiger partial charge in [0.1, 0.15) is 5.75 Å². The summed E-state index contributed by atoms with van der Waals surface area (Å²) in [5.74, 6) is 0.858. The quantitative estimate of drug-likeness (QED) is 0.771. The zero-order valence-corrected chi connectivity index (χ0v) is 11.1. The summed E-state index contributed by atoms with van der Waals surface area (Å²) in [6.45, 7) is 2.04. The van der Waals surface area contributed by atoms with E-state index in [-0.39, 0.29) is 12.2 Å². The van der Waals surface area contributed by atoms with Crippen molar-refractivity contribution in [2.45, 2.75) is 19.8 Å². The molecular weight excluding hydrogens is 240 g/mol. The summed E-state index contributed by atoms with van der Waals surface area (Å²) in [5.41, 5.74) is 2.40. The molecule has 0 saturated carbocycles. The van der Waals surface area contributed by atoms with Crippen LogP contribution in [0.3, 0.4) is 0 Å². The maximum Gasteiger partial charge on any atom is 0.168 e. The highest BCUT2D eigenvalue weighted by Crippen LogP contribution is 2.21. The number of aryl methyl sites for hydroxylation is 1. The van der Waals surface area contributed by atoms with Crippen molar-refractivity contribution in [1.82, 2.24) is 10.2 Å². The van der Waals surface area contributed by atoms with Gasteiger partial charge in [0.25, 0.3) is 0 Å². The zero-order chi connectivity index (χ0) is 13.7. The van der Waals surface area contributed by atoms with Gasteiger partial charge in [-0.2, -0.15) is 10.2 Å². The van der Waals surface area contributed by atoms with Crippen LogP contribution < -0.4 is 4.74 Å². The van der Waals surface area contributed by atoms with Gasteiger partial charge in [-0.3, -0.25) is 4.79 Å². The number of nitrogens with zero attached hydrogens (tertiary/aromatic N) is 2. The molecule has 2 aromatic rings. The third-order valence-corrected chi connectivity index (χ3v) is 2.95. The second-order valence-electron chi connectivity index (χ2n) is 4.20. The lowest BCUT2D eigenvalue weighted by Gasteiger charge is -2.08. The number of carbonyl (C=O) groups is 1. The van der Waals surface area contributed by atoms with Crippen LogP contribution in [-0.4, -0.2) is 23.1 Å². The Morgan fingerprint density at radius 2 is 2.16 bits per heavy atom. The van der Waals surface area contributed by atoms with Crippen LogP contribution in [0.5, 0.6) is 5.75 Å². The van der Waals surface area contributed by atoms with Gasteiger partial charge in [0.15, 0.2) is 5.78 Å². The van der Waals surface area contributed by atoms with E-state index >= 15 is 0 Å². The van der Waals surface area contributed by atoms with Crippen LogP contribution in [0, 0.1) is 0 Å². The molecule has 1 aromatic carbocycles. The third kappa shape index (κ3) is 3.16. The van der Waals surface area contributed by atoms with Crippen LogP contribution in [0.15, 0.2) is 36.5 Å². The first-order valence-electron chi connectivity index (χ1n) is 6.21. The lowest BCUT2D eigenvalue weighted by molar-refractivity contribution is 0.0991. The van der Waals surface area contributed by atoms with E-state index in [1.807, 2.05) is 19.1 Å². The average Bonchev–Trinajstić information content (AvgIpc) is 2.47. The molecule has 0 bridgehead atoms. The van der Waals surface area contributed by atoms with Crippen molar-refractivity contribution in [3.8, 4) is 5.75 Å². The van der Waals surface area contributed by atoms with Crippen molar-refractivity contribution in [2.75, 3.05) is 7.11 Å². The molecule has 0 saturated heterocycles. The first-order valence-corrected chi connectivity index (χ1v) is 6.21. The zero-order valence-electron chi connectivity index (χ0n) is 11.1. The summed E-state index contributed by atoms with van der Waals surface area (Å²) in [7, 11) is 1.63. The number of methoxy groups -OCH3 is 1. The Hall–Kier alpha value is -2.23. The van der Waals surface area contributed by atoms with Gasteiger partial charge in [0.05, 0.1) is 19.2 Å². The smallest absolute Gasteiger partial charge is 0.168 e. The number of aromatic nitrogens is 2. The lowest BCUT2D eigenvalue weighted by Crippen LogP contribution is -2.06. The molecule has 1 heterocycles. The predicted molar refractivity (Wildman–Crippen MR) is 72.4 cm³/mol. The Kier molecular flexibility index (Phi) is 4.23. The molecule has 2 rings (SSSR count). The standard InChI is InChI=1S/C15H16N2O2/c1-3-11-9-12(6-7-15(11)19-2)14(18)10-13-5-4-8-16-17-13/h4-9H,3,10H2,1-2H3. The van der Waals surface area contributed by atoms with Crippen LogP contribution in [0.4, 0.5) is 0 Å². The fourth-order valence-electron chi connectivity index (χ4n) is 1.92. The molecule has 0 aliphatic heterocycles. The van der Waals surface area contributed by atoms with E-state index in [1.54, 1.807) is 31.5 Å². The van der Waals surface area contributed by atoms with Crippen molar-refractivity contribution < 1.29 is 9.53 Å². The Morgan fingerprint density at radius 1 is 1.32 bits per heavy atom. The summed E-state index contributed by atoms with van der Waals surface area (Å²) in [6, 6.07) is 9.09. The highest BCUT2D eigenvalue weighted by atomic mass is 16.5. The third-order valence-electron chi connectivity index (χ3n) is 2.95. The Morgan fingerprint density at radius 3 is 2.79 bits per heavy atom. The normalized spacial score (nSPS) is 10.2. The Bertz CT molecular complexity index is 568. The summed E-state index contributed by atoms with van der Waals surface area (Å²) in [5, 5.41) is 7.70. The molecule has 0 N–H and O–H groups in total. The molecule has 0 radical (unpaired) electrons. The van der Waals surface area contributed by atoms with Crippen molar-refractivity contribution in [1.29, 1.82) is 0 Å². The van der Waals surface area contributed by atoms with Gasteiger partial charge >= 0.3 is 0 Å². The van der Waals surface area contributed by atoms with Gasteiger partial charge in [-0.25, -0.2) is 0 Å². The molecule has 0 atom stereocenters. The molecule has 0 fully saturated rings. The van der Waals surface area contributed by atoms with Crippen LogP contribution in [0.25, 0.3) is 0 Å². The highest BCUT2D eigenvalue weighted by molar-refractivity contribution is 5.97. The van der Waals surface area contributed by atoms with Crippen molar-refractivity contribution in [3.05, 3.63) is 53.3 Å². The number of ketones is 1. The Labute approximate surface area is 112 Å². The van der Waals surface area contributed by atoms with Crippen LogP contribution >= 0.6 is 0 Å². The van der Waals surface area contributed by atoms with Crippen LogP contribution in [0.2, 0.25) is 0 Å². The fraction of sp³-hybridized carbons (Fsp3) is 0.267. The number of hydrogen-bond donors (Lipinski definition) is 0. The number of Topliss-reactive ketones (excluding diaryl/α,β-unsaturated/α-hetero) is 1. The molecule has 19 heavy (non-hydrogen) atoms. The summed E-state index contributed by atoms with van der Waals surface area (Å²) >= 11 is 0. The number of hydrogen-bond acceptors (Lipinski definition) is 4. The van der Waals surface area contributed by atoms with E-state index in [4.69, 9.17) is 4.74 Å². The lowest BCUT2D eigenvalue weighted by atomic mass is 10.0. The number of benzene rings is 1. The van der Waals surface area contributed by atoms with E-state index in [1.165, 1.54) is 0 Å². The molecule has 0 aliphatic rings. The first-order chi connectivity index (χ1) is 9.24. The van der Waals surface area contributed by atoms with Gasteiger partial charge in [0.2, 0.25) is 0 Å². The monoisotopic (exact) mass is 256 g/mol. The number of ether oxygens (including phenoxy) is 1. The van der Waals surface area contributed by atoms with E-state index < -0.39 is 0 Å². The minimum absolute atomic E-state index is 0.0397. The van der Waals surface area contributed by atoms with Gasteiger partial charge in [0, 0.05) is 11.8 Å². The predicted octanol–water partition coefficient (Wildman–Crippen LogP) is 2.47. The second kappa shape index (κ2) is 6.09. The molecular formula is C15H16N2O2. The summed E-state index contributed by atoms with van der Waals surface area (Å²) < 4.78 is 5.26.